The van der Waals surface area contributed by atoms with Crippen LogP contribution in [0.25, 0.3) is 0 Å². The van der Waals surface area contributed by atoms with Gasteiger partial charge in [0.2, 0.25) is 0 Å². The maximum Gasteiger partial charge on any atom is 0.161 e. The second-order valence-corrected chi connectivity index (χ2v) is 2.50. The second-order valence-electron chi connectivity index (χ2n) is 2.50. The normalized spacial score (nSPS) is 13.7. The highest BCUT2D eigenvalue weighted by Gasteiger charge is 2.06. The zero-order valence-electron chi connectivity index (χ0n) is 8.25. The maximum absolute atomic E-state index is 5.42. The van der Waals surface area contributed by atoms with Gasteiger partial charge in [0.05, 0.1) is 13.2 Å². The van der Waals surface area contributed by atoms with Crippen molar-refractivity contribution in [3.8, 4) is 11.5 Å². The Morgan fingerprint density at radius 1 is 0.923 bits per heavy atom. The van der Waals surface area contributed by atoms with Crippen LogP contribution in [0.15, 0.2) is 24.3 Å². The zero-order chi connectivity index (χ0) is 9.52. The summed E-state index contributed by atoms with van der Waals surface area (Å²) in [5.41, 5.74) is 0. The molecule has 0 N–H and O–H groups in total. The summed E-state index contributed by atoms with van der Waals surface area (Å²) in [6, 6.07) is 7.77. The van der Waals surface area contributed by atoms with E-state index in [0.29, 0.717) is 0 Å². The number of benzene rings is 1. The van der Waals surface area contributed by atoms with Gasteiger partial charge in [0.15, 0.2) is 11.5 Å². The predicted octanol–water partition coefficient (Wildman–Crippen LogP) is 2.87. The molecule has 1 aliphatic rings. The lowest BCUT2D eigenvalue weighted by molar-refractivity contribution is 0.297. The lowest BCUT2D eigenvalue weighted by atomic mass is 10.3. The number of para-hydroxylation sites is 2. The minimum absolute atomic E-state index is 0.761. The third kappa shape index (κ3) is 2.65. The molecule has 0 aromatic heterocycles. The van der Waals surface area contributed by atoms with Gasteiger partial charge in [0, 0.05) is 6.42 Å². The molecule has 1 aliphatic heterocycles. The molecule has 0 spiro atoms. The van der Waals surface area contributed by atoms with Gasteiger partial charge < -0.3 is 9.47 Å². The van der Waals surface area contributed by atoms with Crippen LogP contribution in [0.1, 0.15) is 20.3 Å². The first-order valence-corrected chi connectivity index (χ1v) is 4.81. The highest BCUT2D eigenvalue weighted by molar-refractivity contribution is 5.39. The number of rotatable bonds is 0. The molecule has 2 rings (SSSR count). The highest BCUT2D eigenvalue weighted by atomic mass is 16.5. The SMILES string of the molecule is CC.c1ccc2c(c1)OCCCO2. The molecular weight excluding hydrogens is 164 g/mol. The Labute approximate surface area is 79.5 Å². The lowest BCUT2D eigenvalue weighted by Gasteiger charge is -2.04. The molecule has 1 heterocycles. The number of hydrogen-bond donors (Lipinski definition) is 0. The summed E-state index contributed by atoms with van der Waals surface area (Å²) >= 11 is 0. The Morgan fingerprint density at radius 2 is 1.38 bits per heavy atom. The largest absolute Gasteiger partial charge is 0.490 e. The van der Waals surface area contributed by atoms with Crippen molar-refractivity contribution in [1.29, 1.82) is 0 Å². The fourth-order valence-electron chi connectivity index (χ4n) is 1.11. The molecule has 2 nitrogen and oxygen atoms in total. The molecule has 1 aromatic rings. The van der Waals surface area contributed by atoms with E-state index in [1.165, 1.54) is 0 Å². The van der Waals surface area contributed by atoms with Crippen LogP contribution in [0, 0.1) is 0 Å². The van der Waals surface area contributed by atoms with E-state index in [4.69, 9.17) is 9.47 Å². The number of hydrogen-bond acceptors (Lipinski definition) is 2. The molecule has 0 aliphatic carbocycles. The van der Waals surface area contributed by atoms with Gasteiger partial charge >= 0.3 is 0 Å². The molecule has 2 heteroatoms. The van der Waals surface area contributed by atoms with Crippen LogP contribution in [-0.4, -0.2) is 13.2 Å². The molecule has 0 atom stereocenters. The fourth-order valence-corrected chi connectivity index (χ4v) is 1.11. The van der Waals surface area contributed by atoms with Crippen molar-refractivity contribution in [2.45, 2.75) is 20.3 Å². The maximum atomic E-state index is 5.42. The average Bonchev–Trinajstić information content (AvgIpc) is 2.45. The minimum atomic E-state index is 0.761. The number of fused-ring (bicyclic) bond motifs is 1. The first-order chi connectivity index (χ1) is 6.47. The molecule has 0 fully saturated rings. The Bertz CT molecular complexity index is 221. The quantitative estimate of drug-likeness (QED) is 0.611. The van der Waals surface area contributed by atoms with E-state index in [0.717, 1.165) is 31.1 Å². The van der Waals surface area contributed by atoms with Gasteiger partial charge in [0.25, 0.3) is 0 Å². The van der Waals surface area contributed by atoms with E-state index in [1.54, 1.807) is 0 Å². The Hall–Kier alpha value is -1.18. The van der Waals surface area contributed by atoms with Crippen LogP contribution in [0.4, 0.5) is 0 Å². The van der Waals surface area contributed by atoms with Crippen molar-refractivity contribution in [1.82, 2.24) is 0 Å². The summed E-state index contributed by atoms with van der Waals surface area (Å²) < 4.78 is 10.8. The Kier molecular flexibility index (Phi) is 4.16. The summed E-state index contributed by atoms with van der Waals surface area (Å²) in [4.78, 5) is 0. The van der Waals surface area contributed by atoms with Gasteiger partial charge in [-0.25, -0.2) is 0 Å². The third-order valence-corrected chi connectivity index (χ3v) is 1.65. The smallest absolute Gasteiger partial charge is 0.161 e. The summed E-state index contributed by atoms with van der Waals surface area (Å²) in [5, 5.41) is 0. The molecule has 0 saturated heterocycles. The topological polar surface area (TPSA) is 18.5 Å². The van der Waals surface area contributed by atoms with Gasteiger partial charge in [0.1, 0.15) is 0 Å². The predicted molar refractivity (Wildman–Crippen MR) is 53.4 cm³/mol. The van der Waals surface area contributed by atoms with Crippen molar-refractivity contribution in [2.24, 2.45) is 0 Å². The van der Waals surface area contributed by atoms with Gasteiger partial charge in [-0.05, 0) is 12.1 Å². The van der Waals surface area contributed by atoms with Crippen LogP contribution in [-0.2, 0) is 0 Å². The number of ether oxygens (including phenoxy) is 2. The lowest BCUT2D eigenvalue weighted by Crippen LogP contribution is -1.97. The molecule has 0 saturated carbocycles. The van der Waals surface area contributed by atoms with Crippen LogP contribution < -0.4 is 9.47 Å². The molecular formula is C11H16O2. The van der Waals surface area contributed by atoms with E-state index in [-0.39, 0.29) is 0 Å². The van der Waals surface area contributed by atoms with Gasteiger partial charge in [-0.2, -0.15) is 0 Å². The average molecular weight is 180 g/mol. The van der Waals surface area contributed by atoms with E-state index < -0.39 is 0 Å². The molecule has 13 heavy (non-hydrogen) atoms. The van der Waals surface area contributed by atoms with Crippen molar-refractivity contribution in [2.75, 3.05) is 13.2 Å². The van der Waals surface area contributed by atoms with E-state index in [2.05, 4.69) is 0 Å². The molecule has 0 radical (unpaired) electrons. The third-order valence-electron chi connectivity index (χ3n) is 1.65. The molecule has 72 valence electrons. The molecule has 0 amide bonds. The first kappa shape index (κ1) is 9.90. The highest BCUT2D eigenvalue weighted by Crippen LogP contribution is 2.27. The van der Waals surface area contributed by atoms with Crippen molar-refractivity contribution < 1.29 is 9.47 Å². The van der Waals surface area contributed by atoms with Gasteiger partial charge in [-0.1, -0.05) is 26.0 Å². The second kappa shape index (κ2) is 5.46. The summed E-state index contributed by atoms with van der Waals surface area (Å²) in [6.45, 7) is 5.52. The first-order valence-electron chi connectivity index (χ1n) is 4.81. The van der Waals surface area contributed by atoms with Crippen LogP contribution in [0.2, 0.25) is 0 Å². The molecule has 0 bridgehead atoms. The van der Waals surface area contributed by atoms with Crippen LogP contribution in [0.3, 0.4) is 0 Å². The van der Waals surface area contributed by atoms with E-state index >= 15 is 0 Å². The summed E-state index contributed by atoms with van der Waals surface area (Å²) in [6.07, 6.45) is 0.967. The van der Waals surface area contributed by atoms with Crippen molar-refractivity contribution in [3.63, 3.8) is 0 Å². The monoisotopic (exact) mass is 180 g/mol. The summed E-state index contributed by atoms with van der Waals surface area (Å²) in [7, 11) is 0. The van der Waals surface area contributed by atoms with Crippen molar-refractivity contribution in [3.05, 3.63) is 24.3 Å². The fraction of sp³-hybridized carbons (Fsp3) is 0.455. The molecule has 1 aromatic carbocycles. The zero-order valence-corrected chi connectivity index (χ0v) is 8.25. The van der Waals surface area contributed by atoms with E-state index in [1.807, 2.05) is 38.1 Å². The Morgan fingerprint density at radius 3 is 1.85 bits per heavy atom. The van der Waals surface area contributed by atoms with Crippen molar-refractivity contribution >= 4 is 0 Å². The van der Waals surface area contributed by atoms with Gasteiger partial charge in [-0.15, -0.1) is 0 Å². The van der Waals surface area contributed by atoms with E-state index in [9.17, 15) is 0 Å². The Balaban J connectivity index is 0.000000396. The summed E-state index contributed by atoms with van der Waals surface area (Å²) in [5.74, 6) is 1.73. The molecule has 0 unspecified atom stereocenters. The van der Waals surface area contributed by atoms with Gasteiger partial charge in [-0.3, -0.25) is 0 Å². The standard InChI is InChI=1S/C9H10O2.C2H6/c1-2-5-9-8(4-1)10-6-3-7-11-9;1-2/h1-2,4-5H,3,6-7H2;1-2H3. The van der Waals surface area contributed by atoms with Crippen LogP contribution >= 0.6 is 0 Å². The minimum Gasteiger partial charge on any atom is -0.490 e. The van der Waals surface area contributed by atoms with Crippen LogP contribution in [0.5, 0.6) is 11.5 Å².